The molecule has 0 atom stereocenters. The van der Waals surface area contributed by atoms with E-state index in [1.165, 1.54) is 5.56 Å². The monoisotopic (exact) mass is 281 g/mol. The highest BCUT2D eigenvalue weighted by Gasteiger charge is 2.12. The van der Waals surface area contributed by atoms with Gasteiger partial charge < -0.3 is 5.73 Å². The van der Waals surface area contributed by atoms with Gasteiger partial charge in [0.1, 0.15) is 5.84 Å². The van der Waals surface area contributed by atoms with Crippen LogP contribution in [0.5, 0.6) is 0 Å². The molecule has 0 amide bonds. The molecule has 2 aromatic rings. The average Bonchev–Trinajstić information content (AvgIpc) is 2.38. The lowest BCUT2D eigenvalue weighted by Gasteiger charge is -2.15. The van der Waals surface area contributed by atoms with Gasteiger partial charge in [0, 0.05) is 17.3 Å². The van der Waals surface area contributed by atoms with Crippen LogP contribution >= 0.6 is 0 Å². The van der Waals surface area contributed by atoms with Gasteiger partial charge in [-0.25, -0.2) is 0 Å². The van der Waals surface area contributed by atoms with E-state index in [1.807, 2.05) is 32.9 Å². The average molecular weight is 281 g/mol. The predicted octanol–water partition coefficient (Wildman–Crippen LogP) is 3.87. The van der Waals surface area contributed by atoms with Crippen molar-refractivity contribution in [1.29, 1.82) is 0 Å². The second kappa shape index (κ2) is 5.68. The van der Waals surface area contributed by atoms with Crippen LogP contribution in [0.1, 0.15) is 37.5 Å². The largest absolute Gasteiger partial charge is 0.383 e. The van der Waals surface area contributed by atoms with E-state index >= 15 is 0 Å². The lowest BCUT2D eigenvalue weighted by molar-refractivity contribution is 0.583. The minimum atomic E-state index is -0.188. The maximum atomic E-state index is 6.08. The zero-order valence-corrected chi connectivity index (χ0v) is 13.4. The first-order valence-electron chi connectivity index (χ1n) is 7.16. The van der Waals surface area contributed by atoms with Crippen LogP contribution in [0.4, 0.5) is 0 Å². The summed E-state index contributed by atoms with van der Waals surface area (Å²) < 4.78 is 0. The molecule has 0 aliphatic carbocycles. The van der Waals surface area contributed by atoms with Gasteiger partial charge in [0.15, 0.2) is 0 Å². The van der Waals surface area contributed by atoms with E-state index in [0.717, 1.165) is 22.4 Å². The SMILES string of the molecule is Cc1ccccc1-c1ncc(C(N)=NC(C)(C)C)cc1C. The Morgan fingerprint density at radius 2 is 1.76 bits per heavy atom. The van der Waals surface area contributed by atoms with E-state index in [4.69, 9.17) is 5.73 Å². The molecule has 0 unspecified atom stereocenters. The van der Waals surface area contributed by atoms with Crippen LogP contribution in [0, 0.1) is 13.8 Å². The first-order chi connectivity index (χ1) is 9.78. The van der Waals surface area contributed by atoms with Crippen LogP contribution in [-0.2, 0) is 0 Å². The second-order valence-corrected chi connectivity index (χ2v) is 6.37. The molecule has 2 N–H and O–H groups in total. The van der Waals surface area contributed by atoms with Gasteiger partial charge in [-0.05, 0) is 51.8 Å². The number of amidine groups is 1. The number of aryl methyl sites for hydroxylation is 2. The number of nitrogens with zero attached hydrogens (tertiary/aromatic N) is 2. The third-order valence-corrected chi connectivity index (χ3v) is 3.23. The number of pyridine rings is 1. The maximum absolute atomic E-state index is 6.08. The topological polar surface area (TPSA) is 51.3 Å². The molecule has 1 aromatic heterocycles. The molecule has 0 fully saturated rings. The Hall–Kier alpha value is -2.16. The van der Waals surface area contributed by atoms with E-state index in [2.05, 4.69) is 42.0 Å². The Kier molecular flexibility index (Phi) is 4.12. The molecular formula is C18H23N3. The van der Waals surface area contributed by atoms with Crippen LogP contribution in [0.3, 0.4) is 0 Å². The van der Waals surface area contributed by atoms with E-state index in [1.54, 1.807) is 6.20 Å². The van der Waals surface area contributed by atoms with Gasteiger partial charge in [-0.15, -0.1) is 0 Å². The number of hydrogen-bond acceptors (Lipinski definition) is 2. The number of rotatable bonds is 2. The number of aromatic nitrogens is 1. The molecule has 0 spiro atoms. The highest BCUT2D eigenvalue weighted by molar-refractivity contribution is 5.98. The molecule has 2 rings (SSSR count). The van der Waals surface area contributed by atoms with E-state index in [-0.39, 0.29) is 5.54 Å². The smallest absolute Gasteiger partial charge is 0.127 e. The van der Waals surface area contributed by atoms with Crippen LogP contribution < -0.4 is 5.73 Å². The summed E-state index contributed by atoms with van der Waals surface area (Å²) in [7, 11) is 0. The van der Waals surface area contributed by atoms with Crippen molar-refractivity contribution in [3.05, 3.63) is 53.2 Å². The molecule has 1 aromatic carbocycles. The van der Waals surface area contributed by atoms with Crippen molar-refractivity contribution in [2.75, 3.05) is 0 Å². The third kappa shape index (κ3) is 3.69. The highest BCUT2D eigenvalue weighted by atomic mass is 14.9. The Bertz CT molecular complexity index is 679. The number of nitrogens with two attached hydrogens (primary N) is 1. The van der Waals surface area contributed by atoms with Gasteiger partial charge in [0.2, 0.25) is 0 Å². The van der Waals surface area contributed by atoms with Gasteiger partial charge >= 0.3 is 0 Å². The molecule has 3 nitrogen and oxygen atoms in total. The summed E-state index contributed by atoms with van der Waals surface area (Å²) in [4.78, 5) is 9.09. The van der Waals surface area contributed by atoms with Crippen molar-refractivity contribution in [2.24, 2.45) is 10.7 Å². The Balaban J connectivity index is 2.44. The quantitative estimate of drug-likeness (QED) is 0.671. The van der Waals surface area contributed by atoms with Gasteiger partial charge in [-0.1, -0.05) is 24.3 Å². The number of aliphatic imine (C=N–C) groups is 1. The highest BCUT2D eigenvalue weighted by Crippen LogP contribution is 2.24. The maximum Gasteiger partial charge on any atom is 0.127 e. The number of benzene rings is 1. The lowest BCUT2D eigenvalue weighted by Crippen LogP contribution is -2.21. The zero-order chi connectivity index (χ0) is 15.6. The molecule has 0 aliphatic heterocycles. The predicted molar refractivity (Wildman–Crippen MR) is 89.6 cm³/mol. The summed E-state index contributed by atoms with van der Waals surface area (Å²) in [6.07, 6.45) is 1.80. The first kappa shape index (κ1) is 15.2. The van der Waals surface area contributed by atoms with Crippen molar-refractivity contribution in [3.8, 4) is 11.3 Å². The summed E-state index contributed by atoms with van der Waals surface area (Å²) in [6.45, 7) is 10.2. The van der Waals surface area contributed by atoms with Crippen molar-refractivity contribution in [1.82, 2.24) is 4.98 Å². The lowest BCUT2D eigenvalue weighted by atomic mass is 10.0. The third-order valence-electron chi connectivity index (χ3n) is 3.23. The van der Waals surface area contributed by atoms with E-state index in [0.29, 0.717) is 5.84 Å². The molecule has 0 radical (unpaired) electrons. The molecule has 0 aliphatic rings. The van der Waals surface area contributed by atoms with Crippen molar-refractivity contribution < 1.29 is 0 Å². The summed E-state index contributed by atoms with van der Waals surface area (Å²) >= 11 is 0. The van der Waals surface area contributed by atoms with Gasteiger partial charge in [0.05, 0.1) is 11.2 Å². The zero-order valence-electron chi connectivity index (χ0n) is 13.4. The molecular weight excluding hydrogens is 258 g/mol. The first-order valence-corrected chi connectivity index (χ1v) is 7.16. The normalized spacial score (nSPS) is 12.5. The summed E-state index contributed by atoms with van der Waals surface area (Å²) in [5.41, 5.74) is 11.3. The number of hydrogen-bond donors (Lipinski definition) is 1. The van der Waals surface area contributed by atoms with Crippen molar-refractivity contribution in [3.63, 3.8) is 0 Å². The van der Waals surface area contributed by atoms with E-state index in [9.17, 15) is 0 Å². The Labute approximate surface area is 126 Å². The molecule has 3 heteroatoms. The van der Waals surface area contributed by atoms with Gasteiger partial charge in [0.25, 0.3) is 0 Å². The summed E-state index contributed by atoms with van der Waals surface area (Å²) in [6, 6.07) is 10.3. The van der Waals surface area contributed by atoms with Crippen molar-refractivity contribution >= 4 is 5.84 Å². The molecule has 0 saturated heterocycles. The van der Waals surface area contributed by atoms with Crippen LogP contribution in [0.15, 0.2) is 41.5 Å². The van der Waals surface area contributed by atoms with Crippen molar-refractivity contribution in [2.45, 2.75) is 40.2 Å². The van der Waals surface area contributed by atoms with E-state index < -0.39 is 0 Å². The molecule has 1 heterocycles. The van der Waals surface area contributed by atoms with Crippen LogP contribution in [-0.4, -0.2) is 16.4 Å². The molecule has 21 heavy (non-hydrogen) atoms. The van der Waals surface area contributed by atoms with Crippen LogP contribution in [0.25, 0.3) is 11.3 Å². The molecule has 110 valence electrons. The van der Waals surface area contributed by atoms with Gasteiger partial charge in [-0.2, -0.15) is 0 Å². The fourth-order valence-electron chi connectivity index (χ4n) is 2.26. The Morgan fingerprint density at radius 1 is 1.10 bits per heavy atom. The fourth-order valence-corrected chi connectivity index (χ4v) is 2.26. The second-order valence-electron chi connectivity index (χ2n) is 6.37. The molecule has 0 bridgehead atoms. The fraction of sp³-hybridized carbons (Fsp3) is 0.333. The summed E-state index contributed by atoms with van der Waals surface area (Å²) in [5.74, 6) is 0.537. The molecule has 0 saturated carbocycles. The minimum Gasteiger partial charge on any atom is -0.383 e. The standard InChI is InChI=1S/C18H23N3/c1-12-8-6-7-9-15(12)16-13(2)10-14(11-20-16)17(19)21-18(3,4)5/h6-11H,1-5H3,(H2,19,21). The summed E-state index contributed by atoms with van der Waals surface area (Å²) in [5, 5.41) is 0. The minimum absolute atomic E-state index is 0.188. The van der Waals surface area contributed by atoms with Gasteiger partial charge in [-0.3, -0.25) is 9.98 Å². The van der Waals surface area contributed by atoms with Crippen LogP contribution in [0.2, 0.25) is 0 Å². The Morgan fingerprint density at radius 3 is 2.33 bits per heavy atom.